The molecule has 6 nitrogen and oxygen atoms in total. The van der Waals surface area contributed by atoms with Crippen LogP contribution in [0.25, 0.3) is 0 Å². The molecular formula is C23H26N4O2. The van der Waals surface area contributed by atoms with E-state index in [1.165, 1.54) is 0 Å². The highest BCUT2D eigenvalue weighted by atomic mass is 16.1. The van der Waals surface area contributed by atoms with Crippen molar-refractivity contribution in [2.45, 2.75) is 46.0 Å². The van der Waals surface area contributed by atoms with Crippen LogP contribution in [0.15, 0.2) is 35.1 Å². The number of H-pyrrole nitrogens is 1. The molecule has 1 aromatic carbocycles. The number of carbonyl (C=O) groups excluding carboxylic acids is 1. The first kappa shape index (κ1) is 19.2. The summed E-state index contributed by atoms with van der Waals surface area (Å²) in [5.74, 6) is -0.108. The Hall–Kier alpha value is -3.15. The Bertz CT molecular complexity index is 1140. The van der Waals surface area contributed by atoms with E-state index in [0.717, 1.165) is 65.1 Å². The molecule has 0 saturated heterocycles. The Labute approximate surface area is 170 Å². The summed E-state index contributed by atoms with van der Waals surface area (Å²) in [4.78, 5) is 24.8. The second kappa shape index (κ2) is 7.70. The predicted octanol–water partition coefficient (Wildman–Crippen LogP) is 3.45. The number of hydrogen-bond donors (Lipinski definition) is 2. The number of benzene rings is 1. The number of amides is 1. The first-order chi connectivity index (χ1) is 13.9. The average Bonchev–Trinajstić information content (AvgIpc) is 2.98. The largest absolute Gasteiger partial charge is 0.351 e. The SMILES string of the molecule is Cc1cc(C(=O)Nc2cccc(Cc3n[nH]c(=O)c4c3CCCC4)c2)c(C)n1C. The third kappa shape index (κ3) is 3.75. The van der Waals surface area contributed by atoms with Crippen LogP contribution in [0.5, 0.6) is 0 Å². The summed E-state index contributed by atoms with van der Waals surface area (Å²) in [6.45, 7) is 3.94. The maximum atomic E-state index is 12.7. The van der Waals surface area contributed by atoms with Crippen LogP contribution in [0.2, 0.25) is 0 Å². The number of nitrogens with zero attached hydrogens (tertiary/aromatic N) is 2. The maximum Gasteiger partial charge on any atom is 0.267 e. The van der Waals surface area contributed by atoms with E-state index in [1.807, 2.05) is 55.8 Å². The molecule has 29 heavy (non-hydrogen) atoms. The van der Waals surface area contributed by atoms with Crippen LogP contribution in [0, 0.1) is 13.8 Å². The molecule has 0 unspecified atom stereocenters. The van der Waals surface area contributed by atoms with Gasteiger partial charge in [0.05, 0.1) is 11.3 Å². The average molecular weight is 390 g/mol. The molecule has 0 aliphatic heterocycles. The molecular weight excluding hydrogens is 364 g/mol. The van der Waals surface area contributed by atoms with Gasteiger partial charge >= 0.3 is 0 Å². The highest BCUT2D eigenvalue weighted by Crippen LogP contribution is 2.23. The molecule has 1 amide bonds. The standard InChI is InChI=1S/C23H26N4O2/c1-14-11-20(15(2)27(14)3)22(28)24-17-8-6-7-16(12-17)13-21-18-9-4-5-10-19(18)23(29)26-25-21/h6-8,11-12H,4-5,9-10,13H2,1-3H3,(H,24,28)(H,26,29). The first-order valence-corrected chi connectivity index (χ1v) is 10.1. The van der Waals surface area contributed by atoms with Gasteiger partial charge in [-0.25, -0.2) is 5.10 Å². The van der Waals surface area contributed by atoms with Crippen LogP contribution >= 0.6 is 0 Å². The lowest BCUT2D eigenvalue weighted by molar-refractivity contribution is 0.102. The van der Waals surface area contributed by atoms with Crippen molar-refractivity contribution in [2.24, 2.45) is 7.05 Å². The molecule has 0 bridgehead atoms. The molecule has 4 rings (SSSR count). The summed E-state index contributed by atoms with van der Waals surface area (Å²) in [7, 11) is 1.96. The Morgan fingerprint density at radius 2 is 1.93 bits per heavy atom. The van der Waals surface area contributed by atoms with E-state index >= 15 is 0 Å². The molecule has 0 radical (unpaired) electrons. The molecule has 0 fully saturated rings. The molecule has 2 aromatic heterocycles. The number of nitrogens with one attached hydrogen (secondary N) is 2. The lowest BCUT2D eigenvalue weighted by atomic mass is 9.90. The van der Waals surface area contributed by atoms with Crippen molar-refractivity contribution < 1.29 is 4.79 Å². The number of aromatic nitrogens is 3. The zero-order valence-corrected chi connectivity index (χ0v) is 17.1. The number of aryl methyl sites for hydroxylation is 1. The van der Waals surface area contributed by atoms with Gasteiger partial charge in [-0.05, 0) is 68.9 Å². The normalized spacial score (nSPS) is 13.2. The zero-order chi connectivity index (χ0) is 20.5. The summed E-state index contributed by atoms with van der Waals surface area (Å²) in [5.41, 5.74) is 7.35. The van der Waals surface area contributed by atoms with Gasteiger partial charge in [0, 0.05) is 36.1 Å². The van der Waals surface area contributed by atoms with E-state index in [1.54, 1.807) is 0 Å². The fourth-order valence-electron chi connectivity index (χ4n) is 4.11. The number of carbonyl (C=O) groups is 1. The van der Waals surface area contributed by atoms with Crippen molar-refractivity contribution in [2.75, 3.05) is 5.32 Å². The Morgan fingerprint density at radius 3 is 2.66 bits per heavy atom. The molecule has 1 aliphatic carbocycles. The number of fused-ring (bicyclic) bond motifs is 1. The van der Waals surface area contributed by atoms with E-state index in [4.69, 9.17) is 0 Å². The Morgan fingerprint density at radius 1 is 1.17 bits per heavy atom. The quantitative estimate of drug-likeness (QED) is 0.716. The molecule has 1 aliphatic rings. The summed E-state index contributed by atoms with van der Waals surface area (Å²) in [5, 5.41) is 9.98. The summed E-state index contributed by atoms with van der Waals surface area (Å²) in [6.07, 6.45) is 4.51. The summed E-state index contributed by atoms with van der Waals surface area (Å²) < 4.78 is 2.01. The minimum atomic E-state index is -0.108. The predicted molar refractivity (Wildman–Crippen MR) is 114 cm³/mol. The van der Waals surface area contributed by atoms with Gasteiger partial charge in [-0.3, -0.25) is 9.59 Å². The Balaban J connectivity index is 1.56. The van der Waals surface area contributed by atoms with Crippen LogP contribution in [0.3, 0.4) is 0 Å². The van der Waals surface area contributed by atoms with Crippen LogP contribution in [-0.2, 0) is 26.3 Å². The minimum Gasteiger partial charge on any atom is -0.351 e. The molecule has 0 atom stereocenters. The van der Waals surface area contributed by atoms with Crippen LogP contribution in [0.4, 0.5) is 5.69 Å². The molecule has 6 heteroatoms. The van der Waals surface area contributed by atoms with Crippen LogP contribution in [-0.4, -0.2) is 20.7 Å². The van der Waals surface area contributed by atoms with Crippen molar-refractivity contribution in [1.82, 2.24) is 14.8 Å². The highest BCUT2D eigenvalue weighted by molar-refractivity contribution is 6.05. The maximum absolute atomic E-state index is 12.7. The molecule has 0 saturated carbocycles. The van der Waals surface area contributed by atoms with E-state index in [-0.39, 0.29) is 11.5 Å². The third-order valence-corrected chi connectivity index (χ3v) is 5.96. The lowest BCUT2D eigenvalue weighted by Crippen LogP contribution is -2.23. The smallest absolute Gasteiger partial charge is 0.267 e. The van der Waals surface area contributed by atoms with Gasteiger partial charge in [-0.2, -0.15) is 5.10 Å². The van der Waals surface area contributed by atoms with E-state index in [0.29, 0.717) is 12.0 Å². The molecule has 150 valence electrons. The second-order valence-electron chi connectivity index (χ2n) is 7.84. The van der Waals surface area contributed by atoms with Crippen molar-refractivity contribution in [3.05, 3.63) is 80.0 Å². The number of rotatable bonds is 4. The first-order valence-electron chi connectivity index (χ1n) is 10.1. The van der Waals surface area contributed by atoms with E-state index in [9.17, 15) is 9.59 Å². The van der Waals surface area contributed by atoms with E-state index in [2.05, 4.69) is 15.5 Å². The molecule has 2 heterocycles. The lowest BCUT2D eigenvalue weighted by Gasteiger charge is -2.17. The van der Waals surface area contributed by atoms with Crippen molar-refractivity contribution in [3.8, 4) is 0 Å². The van der Waals surface area contributed by atoms with Gasteiger partial charge < -0.3 is 9.88 Å². The summed E-state index contributed by atoms with van der Waals surface area (Å²) >= 11 is 0. The minimum absolute atomic E-state index is 0.0574. The van der Waals surface area contributed by atoms with Gasteiger partial charge in [-0.1, -0.05) is 12.1 Å². The zero-order valence-electron chi connectivity index (χ0n) is 17.1. The molecule has 2 N–H and O–H groups in total. The Kier molecular flexibility index (Phi) is 5.09. The second-order valence-corrected chi connectivity index (χ2v) is 7.84. The van der Waals surface area contributed by atoms with Crippen LogP contribution in [0.1, 0.15) is 57.0 Å². The fraction of sp³-hybridized carbons (Fsp3) is 0.348. The third-order valence-electron chi connectivity index (χ3n) is 5.96. The van der Waals surface area contributed by atoms with Crippen molar-refractivity contribution >= 4 is 11.6 Å². The van der Waals surface area contributed by atoms with Gasteiger partial charge in [0.2, 0.25) is 0 Å². The van der Waals surface area contributed by atoms with Gasteiger partial charge in [-0.15, -0.1) is 0 Å². The monoisotopic (exact) mass is 390 g/mol. The topological polar surface area (TPSA) is 79.8 Å². The number of hydrogen-bond acceptors (Lipinski definition) is 3. The van der Waals surface area contributed by atoms with E-state index < -0.39 is 0 Å². The summed E-state index contributed by atoms with van der Waals surface area (Å²) in [6, 6.07) is 9.74. The van der Waals surface area contributed by atoms with Gasteiger partial charge in [0.1, 0.15) is 0 Å². The molecule has 0 spiro atoms. The van der Waals surface area contributed by atoms with Gasteiger partial charge in [0.15, 0.2) is 0 Å². The van der Waals surface area contributed by atoms with Crippen molar-refractivity contribution in [3.63, 3.8) is 0 Å². The molecule has 3 aromatic rings. The number of aromatic amines is 1. The van der Waals surface area contributed by atoms with Crippen LogP contribution < -0.4 is 10.9 Å². The highest BCUT2D eigenvalue weighted by Gasteiger charge is 2.18. The van der Waals surface area contributed by atoms with Crippen molar-refractivity contribution in [1.29, 1.82) is 0 Å². The van der Waals surface area contributed by atoms with Gasteiger partial charge in [0.25, 0.3) is 11.5 Å². The number of anilines is 1. The fourth-order valence-corrected chi connectivity index (χ4v) is 4.11.